The number of morpholine rings is 1. The van der Waals surface area contributed by atoms with Crippen LogP contribution in [0.15, 0.2) is 0 Å². The van der Waals surface area contributed by atoms with Crippen molar-refractivity contribution in [1.82, 2.24) is 4.90 Å². The number of amides is 1. The SMILES string of the molecule is COCC(=O)N1CCOC2CCCC21. The molecule has 4 nitrogen and oxygen atoms in total. The van der Waals surface area contributed by atoms with Crippen LogP contribution < -0.4 is 0 Å². The Balaban J connectivity index is 1.99. The molecule has 0 radical (unpaired) electrons. The lowest BCUT2D eigenvalue weighted by molar-refractivity contribution is -0.147. The maximum atomic E-state index is 11.7. The van der Waals surface area contributed by atoms with Crippen molar-refractivity contribution in [1.29, 1.82) is 0 Å². The first kappa shape index (κ1) is 9.93. The largest absolute Gasteiger partial charge is 0.375 e. The Hall–Kier alpha value is -0.610. The van der Waals surface area contributed by atoms with E-state index in [0.717, 1.165) is 19.4 Å². The van der Waals surface area contributed by atoms with E-state index in [2.05, 4.69) is 0 Å². The third kappa shape index (κ3) is 1.77. The van der Waals surface area contributed by atoms with Crippen LogP contribution in [0.5, 0.6) is 0 Å². The molecule has 1 aliphatic heterocycles. The fourth-order valence-electron chi connectivity index (χ4n) is 2.44. The van der Waals surface area contributed by atoms with Crippen LogP contribution in [0.3, 0.4) is 0 Å². The van der Waals surface area contributed by atoms with Gasteiger partial charge in [-0.05, 0) is 19.3 Å². The number of ether oxygens (including phenoxy) is 2. The van der Waals surface area contributed by atoms with Crippen molar-refractivity contribution in [3.63, 3.8) is 0 Å². The quantitative estimate of drug-likeness (QED) is 0.646. The summed E-state index contributed by atoms with van der Waals surface area (Å²) in [6.07, 6.45) is 3.64. The lowest BCUT2D eigenvalue weighted by Crippen LogP contribution is -2.52. The highest BCUT2D eigenvalue weighted by Crippen LogP contribution is 2.29. The Morgan fingerprint density at radius 3 is 3.21 bits per heavy atom. The molecule has 0 bridgehead atoms. The van der Waals surface area contributed by atoms with Crippen LogP contribution >= 0.6 is 0 Å². The number of fused-ring (bicyclic) bond motifs is 1. The number of carbonyl (C=O) groups excluding carboxylic acids is 1. The van der Waals surface area contributed by atoms with E-state index < -0.39 is 0 Å². The topological polar surface area (TPSA) is 38.8 Å². The number of methoxy groups -OCH3 is 1. The zero-order valence-electron chi connectivity index (χ0n) is 8.57. The first-order valence-electron chi connectivity index (χ1n) is 5.23. The smallest absolute Gasteiger partial charge is 0.248 e. The summed E-state index contributed by atoms with van der Waals surface area (Å²) in [6, 6.07) is 0.311. The van der Waals surface area contributed by atoms with Crippen molar-refractivity contribution in [2.75, 3.05) is 26.9 Å². The molecule has 2 aliphatic rings. The molecule has 1 saturated carbocycles. The maximum Gasteiger partial charge on any atom is 0.248 e. The van der Waals surface area contributed by atoms with Crippen LogP contribution in [0.25, 0.3) is 0 Å². The lowest BCUT2D eigenvalue weighted by Gasteiger charge is -2.37. The lowest BCUT2D eigenvalue weighted by atomic mass is 10.1. The Morgan fingerprint density at radius 2 is 2.43 bits per heavy atom. The second kappa shape index (κ2) is 4.28. The predicted octanol–water partition coefficient (Wildman–Crippen LogP) is 0.413. The van der Waals surface area contributed by atoms with Crippen molar-refractivity contribution < 1.29 is 14.3 Å². The summed E-state index contributed by atoms with van der Waals surface area (Å²) in [5, 5.41) is 0. The molecule has 4 heteroatoms. The van der Waals surface area contributed by atoms with Crippen molar-refractivity contribution in [2.24, 2.45) is 0 Å². The normalized spacial score (nSPS) is 31.6. The van der Waals surface area contributed by atoms with Gasteiger partial charge in [-0.1, -0.05) is 0 Å². The molecule has 2 atom stereocenters. The van der Waals surface area contributed by atoms with E-state index in [1.807, 2.05) is 4.90 Å². The van der Waals surface area contributed by atoms with E-state index in [4.69, 9.17) is 9.47 Å². The second-order valence-corrected chi connectivity index (χ2v) is 3.93. The number of nitrogens with zero attached hydrogens (tertiary/aromatic N) is 1. The first-order chi connectivity index (χ1) is 6.83. The van der Waals surface area contributed by atoms with E-state index in [1.54, 1.807) is 7.11 Å². The van der Waals surface area contributed by atoms with Crippen molar-refractivity contribution >= 4 is 5.91 Å². The van der Waals surface area contributed by atoms with Gasteiger partial charge in [0.05, 0.1) is 18.8 Å². The summed E-state index contributed by atoms with van der Waals surface area (Å²) in [5.74, 6) is 0.104. The van der Waals surface area contributed by atoms with Crippen LogP contribution in [0.1, 0.15) is 19.3 Å². The van der Waals surface area contributed by atoms with Gasteiger partial charge >= 0.3 is 0 Å². The summed E-state index contributed by atoms with van der Waals surface area (Å²) in [4.78, 5) is 13.6. The standard InChI is InChI=1S/C10H17NO3/c1-13-7-10(12)11-5-6-14-9-4-2-3-8(9)11/h8-9H,2-7H2,1H3. The molecule has 0 aromatic carbocycles. The first-order valence-corrected chi connectivity index (χ1v) is 5.23. The Kier molecular flexibility index (Phi) is 3.03. The predicted molar refractivity (Wildman–Crippen MR) is 51.0 cm³/mol. The highest BCUT2D eigenvalue weighted by molar-refractivity contribution is 5.78. The van der Waals surface area contributed by atoms with Gasteiger partial charge in [0.1, 0.15) is 6.61 Å². The van der Waals surface area contributed by atoms with E-state index in [1.165, 1.54) is 6.42 Å². The number of rotatable bonds is 2. The van der Waals surface area contributed by atoms with E-state index in [-0.39, 0.29) is 18.6 Å². The molecule has 1 aliphatic carbocycles. The summed E-state index contributed by atoms with van der Waals surface area (Å²) < 4.78 is 10.5. The van der Waals surface area contributed by atoms with Crippen LogP contribution in [-0.2, 0) is 14.3 Å². The van der Waals surface area contributed by atoms with Gasteiger partial charge in [0.15, 0.2) is 0 Å². The van der Waals surface area contributed by atoms with Crippen molar-refractivity contribution in [3.8, 4) is 0 Å². The number of carbonyl (C=O) groups is 1. The van der Waals surface area contributed by atoms with Crippen LogP contribution in [0.2, 0.25) is 0 Å². The van der Waals surface area contributed by atoms with Gasteiger partial charge in [0.2, 0.25) is 5.91 Å². The summed E-state index contributed by atoms with van der Waals surface area (Å²) >= 11 is 0. The molecule has 0 spiro atoms. The maximum absolute atomic E-state index is 11.7. The zero-order chi connectivity index (χ0) is 9.97. The molecule has 14 heavy (non-hydrogen) atoms. The molecule has 2 unspecified atom stereocenters. The van der Waals surface area contributed by atoms with Gasteiger partial charge in [0, 0.05) is 13.7 Å². The van der Waals surface area contributed by atoms with E-state index in [9.17, 15) is 4.79 Å². The third-order valence-corrected chi connectivity index (χ3v) is 3.07. The van der Waals surface area contributed by atoms with Crippen LogP contribution in [0.4, 0.5) is 0 Å². The third-order valence-electron chi connectivity index (χ3n) is 3.07. The molecule has 0 N–H and O–H groups in total. The minimum Gasteiger partial charge on any atom is -0.375 e. The number of hydrogen-bond acceptors (Lipinski definition) is 3. The van der Waals surface area contributed by atoms with Gasteiger partial charge < -0.3 is 14.4 Å². The molecule has 1 heterocycles. The fraction of sp³-hybridized carbons (Fsp3) is 0.900. The summed E-state index contributed by atoms with van der Waals surface area (Å²) in [7, 11) is 1.56. The fourth-order valence-corrected chi connectivity index (χ4v) is 2.44. The monoisotopic (exact) mass is 199 g/mol. The van der Waals surface area contributed by atoms with Crippen molar-refractivity contribution in [2.45, 2.75) is 31.4 Å². The minimum atomic E-state index is 0.104. The molecular weight excluding hydrogens is 182 g/mol. The molecule has 80 valence electrons. The summed E-state index contributed by atoms with van der Waals surface area (Å²) in [5.41, 5.74) is 0. The van der Waals surface area contributed by atoms with Crippen LogP contribution in [0, 0.1) is 0 Å². The molecular formula is C10H17NO3. The Morgan fingerprint density at radius 1 is 1.57 bits per heavy atom. The van der Waals surface area contributed by atoms with Crippen LogP contribution in [-0.4, -0.2) is 49.8 Å². The van der Waals surface area contributed by atoms with E-state index >= 15 is 0 Å². The zero-order valence-corrected chi connectivity index (χ0v) is 8.57. The van der Waals surface area contributed by atoms with Gasteiger partial charge in [0.25, 0.3) is 0 Å². The van der Waals surface area contributed by atoms with Gasteiger partial charge in [-0.2, -0.15) is 0 Å². The highest BCUT2D eigenvalue weighted by Gasteiger charge is 2.37. The number of hydrogen-bond donors (Lipinski definition) is 0. The molecule has 0 aromatic rings. The molecule has 2 rings (SSSR count). The van der Waals surface area contributed by atoms with Crippen molar-refractivity contribution in [3.05, 3.63) is 0 Å². The summed E-state index contributed by atoms with van der Waals surface area (Å²) in [6.45, 7) is 1.60. The Bertz CT molecular complexity index is 219. The average molecular weight is 199 g/mol. The molecule has 1 amide bonds. The minimum absolute atomic E-state index is 0.104. The highest BCUT2D eigenvalue weighted by atomic mass is 16.5. The molecule has 0 aromatic heterocycles. The van der Waals surface area contributed by atoms with E-state index in [0.29, 0.717) is 12.6 Å². The van der Waals surface area contributed by atoms with Gasteiger partial charge in [-0.15, -0.1) is 0 Å². The second-order valence-electron chi connectivity index (χ2n) is 3.93. The van der Waals surface area contributed by atoms with Gasteiger partial charge in [-0.25, -0.2) is 0 Å². The van der Waals surface area contributed by atoms with Gasteiger partial charge in [-0.3, -0.25) is 4.79 Å². The molecule has 1 saturated heterocycles. The molecule has 2 fully saturated rings. The average Bonchev–Trinajstić information content (AvgIpc) is 2.65. The Labute approximate surface area is 84.2 Å².